The van der Waals surface area contributed by atoms with E-state index >= 15 is 0 Å². The van der Waals surface area contributed by atoms with Gasteiger partial charge < -0.3 is 20.2 Å². The average Bonchev–Trinajstić information content (AvgIpc) is 2.71. The Morgan fingerprint density at radius 1 is 0.967 bits per heavy atom. The van der Waals surface area contributed by atoms with Crippen LogP contribution in [0.1, 0.15) is 75.8 Å². The predicted molar refractivity (Wildman–Crippen MR) is 118 cm³/mol. The van der Waals surface area contributed by atoms with Gasteiger partial charge >= 0.3 is 7.82 Å². The largest absolute Gasteiger partial charge is 0.469 e. The second kappa shape index (κ2) is 15.5. The van der Waals surface area contributed by atoms with Crippen LogP contribution < -0.4 is 5.32 Å². The van der Waals surface area contributed by atoms with Gasteiger partial charge in [-0.2, -0.15) is 0 Å². The molecule has 0 aliphatic carbocycles. The van der Waals surface area contributed by atoms with Gasteiger partial charge in [-0.25, -0.2) is 4.57 Å². The fourth-order valence-corrected chi connectivity index (χ4v) is 3.60. The molecule has 0 unspecified atom stereocenters. The monoisotopic (exact) mass is 443 g/mol. The summed E-state index contributed by atoms with van der Waals surface area (Å²) in [5, 5.41) is 11.7. The molecule has 0 aliphatic rings. The zero-order valence-corrected chi connectivity index (χ0v) is 19.0. The number of carbonyl (C=O) groups is 1. The number of nitrogens with one attached hydrogen (secondary N) is 1. The number of hydrogen-bond acceptors (Lipinski definition) is 4. The van der Waals surface area contributed by atoms with Crippen LogP contribution in [0.25, 0.3) is 0 Å². The summed E-state index contributed by atoms with van der Waals surface area (Å²) in [4.78, 5) is 29.2. The lowest BCUT2D eigenvalue weighted by atomic mass is 10.0. The molecule has 172 valence electrons. The Kier molecular flexibility index (Phi) is 13.9. The predicted octanol–water partition coefficient (Wildman–Crippen LogP) is 3.89. The molecular weight excluding hydrogens is 405 g/mol. The van der Waals surface area contributed by atoms with E-state index in [0.29, 0.717) is 12.8 Å². The third-order valence-electron chi connectivity index (χ3n) is 4.99. The van der Waals surface area contributed by atoms with Gasteiger partial charge in [0.2, 0.25) is 5.91 Å². The first-order chi connectivity index (χ1) is 14.3. The molecule has 4 N–H and O–H groups in total. The average molecular weight is 444 g/mol. The molecule has 1 atom stereocenters. The van der Waals surface area contributed by atoms with Gasteiger partial charge in [-0.05, 0) is 43.2 Å². The van der Waals surface area contributed by atoms with Gasteiger partial charge in [0.05, 0.1) is 19.3 Å². The van der Waals surface area contributed by atoms with Crippen LogP contribution in [0.3, 0.4) is 0 Å². The minimum atomic E-state index is -4.62. The first-order valence-electron chi connectivity index (χ1n) is 11.0. The third kappa shape index (κ3) is 13.9. The molecule has 30 heavy (non-hydrogen) atoms. The lowest BCUT2D eigenvalue weighted by Crippen LogP contribution is -2.40. The summed E-state index contributed by atoms with van der Waals surface area (Å²) in [6, 6.07) is 7.88. The summed E-state index contributed by atoms with van der Waals surface area (Å²) < 4.78 is 15.0. The van der Waals surface area contributed by atoms with Gasteiger partial charge in [-0.3, -0.25) is 9.32 Å². The van der Waals surface area contributed by atoms with Crippen LogP contribution in [0.15, 0.2) is 24.3 Å². The third-order valence-corrected chi connectivity index (χ3v) is 5.48. The van der Waals surface area contributed by atoms with Crippen molar-refractivity contribution in [3.8, 4) is 0 Å². The number of aryl methyl sites for hydroxylation is 2. The van der Waals surface area contributed by atoms with E-state index in [0.717, 1.165) is 19.3 Å². The van der Waals surface area contributed by atoms with E-state index in [1.807, 2.05) is 0 Å². The quantitative estimate of drug-likeness (QED) is 0.214. The number of unbranched alkanes of at least 4 members (excludes halogenated alkanes) is 6. The minimum Gasteiger partial charge on any atom is -0.394 e. The van der Waals surface area contributed by atoms with Crippen LogP contribution >= 0.6 is 7.82 Å². The normalized spacial score (nSPS) is 12.7. The summed E-state index contributed by atoms with van der Waals surface area (Å²) in [6.45, 7) is 1.35. The molecule has 0 aliphatic heterocycles. The molecule has 1 amide bonds. The number of hydrogen-bond donors (Lipinski definition) is 4. The summed E-state index contributed by atoms with van der Waals surface area (Å²) in [7, 11) is -4.62. The van der Waals surface area contributed by atoms with Gasteiger partial charge in [-0.15, -0.1) is 0 Å². The molecule has 1 rings (SSSR count). The SMILES string of the molecule is CCCCCCCCc1ccc(CCCCC(=O)N[C@H](CO)COP(=O)(O)O)cc1. The Morgan fingerprint density at radius 2 is 1.50 bits per heavy atom. The number of aliphatic hydroxyl groups excluding tert-OH is 1. The number of rotatable bonds is 17. The van der Waals surface area contributed by atoms with Gasteiger partial charge in [0.1, 0.15) is 0 Å². The molecule has 7 nitrogen and oxygen atoms in total. The van der Waals surface area contributed by atoms with Crippen molar-refractivity contribution in [1.82, 2.24) is 5.32 Å². The zero-order chi connectivity index (χ0) is 22.2. The van der Waals surface area contributed by atoms with Crippen molar-refractivity contribution in [1.29, 1.82) is 0 Å². The molecule has 0 fully saturated rings. The highest BCUT2D eigenvalue weighted by molar-refractivity contribution is 7.46. The smallest absolute Gasteiger partial charge is 0.394 e. The lowest BCUT2D eigenvalue weighted by Gasteiger charge is -2.16. The van der Waals surface area contributed by atoms with Crippen LogP contribution in [0, 0.1) is 0 Å². The van der Waals surface area contributed by atoms with Gasteiger partial charge in [0, 0.05) is 6.42 Å². The molecule has 0 saturated carbocycles. The molecule has 0 radical (unpaired) electrons. The Bertz CT molecular complexity index is 631. The van der Waals surface area contributed by atoms with Gasteiger partial charge in [-0.1, -0.05) is 63.3 Å². The topological polar surface area (TPSA) is 116 Å². The van der Waals surface area contributed by atoms with Crippen molar-refractivity contribution in [3.63, 3.8) is 0 Å². The van der Waals surface area contributed by atoms with E-state index in [1.165, 1.54) is 49.7 Å². The van der Waals surface area contributed by atoms with E-state index in [2.05, 4.69) is 41.0 Å². The molecule has 1 aromatic carbocycles. The van der Waals surface area contributed by atoms with E-state index < -0.39 is 27.1 Å². The Hall–Kier alpha value is -1.24. The second-order valence-corrected chi connectivity index (χ2v) is 9.01. The maximum atomic E-state index is 11.9. The number of amides is 1. The second-order valence-electron chi connectivity index (χ2n) is 7.77. The highest BCUT2D eigenvalue weighted by atomic mass is 31.2. The molecule has 1 aromatic rings. The van der Waals surface area contributed by atoms with Crippen LogP contribution in [0.2, 0.25) is 0 Å². The maximum absolute atomic E-state index is 11.9. The number of phosphoric ester groups is 1. The summed E-state index contributed by atoms with van der Waals surface area (Å²) in [6.07, 6.45) is 11.7. The van der Waals surface area contributed by atoms with Crippen LogP contribution in [0.4, 0.5) is 0 Å². The number of benzene rings is 1. The molecule has 0 aromatic heterocycles. The number of aliphatic hydroxyl groups is 1. The summed E-state index contributed by atoms with van der Waals surface area (Å²) in [5.41, 5.74) is 2.63. The number of carbonyl (C=O) groups excluding carboxylic acids is 1. The minimum absolute atomic E-state index is 0.266. The molecule has 8 heteroatoms. The van der Waals surface area contributed by atoms with E-state index in [-0.39, 0.29) is 5.91 Å². The van der Waals surface area contributed by atoms with Gasteiger partial charge in [0.15, 0.2) is 0 Å². The summed E-state index contributed by atoms with van der Waals surface area (Å²) in [5.74, 6) is -0.266. The van der Waals surface area contributed by atoms with Crippen molar-refractivity contribution >= 4 is 13.7 Å². The van der Waals surface area contributed by atoms with Crippen molar-refractivity contribution in [2.24, 2.45) is 0 Å². The van der Waals surface area contributed by atoms with Crippen molar-refractivity contribution in [2.45, 2.75) is 83.6 Å². The zero-order valence-electron chi connectivity index (χ0n) is 18.1. The van der Waals surface area contributed by atoms with Crippen LogP contribution in [0.5, 0.6) is 0 Å². The molecule has 0 saturated heterocycles. The van der Waals surface area contributed by atoms with E-state index in [4.69, 9.17) is 14.9 Å². The molecule has 0 spiro atoms. The standard InChI is InChI=1S/C22H38NO6P/c1-2-3-4-5-6-7-10-19-13-15-20(16-14-19)11-8-9-12-22(25)23-21(17-24)18-29-30(26,27)28/h13-16,21,24H,2-12,17-18H2,1H3,(H,23,25)(H2,26,27,28)/t21-/m1/s1. The van der Waals surface area contributed by atoms with Gasteiger partial charge in [0.25, 0.3) is 0 Å². The van der Waals surface area contributed by atoms with Crippen molar-refractivity contribution < 1.29 is 28.8 Å². The fraction of sp³-hybridized carbons (Fsp3) is 0.682. The number of phosphoric acid groups is 1. The molecular formula is C22H38NO6P. The lowest BCUT2D eigenvalue weighted by molar-refractivity contribution is -0.122. The maximum Gasteiger partial charge on any atom is 0.469 e. The van der Waals surface area contributed by atoms with Crippen molar-refractivity contribution in [2.75, 3.05) is 13.2 Å². The highest BCUT2D eigenvalue weighted by Gasteiger charge is 2.19. The summed E-state index contributed by atoms with van der Waals surface area (Å²) >= 11 is 0. The first kappa shape index (κ1) is 26.8. The first-order valence-corrected chi connectivity index (χ1v) is 12.5. The molecule has 0 heterocycles. The fourth-order valence-electron chi connectivity index (χ4n) is 3.22. The van der Waals surface area contributed by atoms with E-state index in [1.54, 1.807) is 0 Å². The Morgan fingerprint density at radius 3 is 2.03 bits per heavy atom. The van der Waals surface area contributed by atoms with Crippen LogP contribution in [-0.2, 0) is 26.7 Å². The van der Waals surface area contributed by atoms with E-state index in [9.17, 15) is 9.36 Å². The Balaban J connectivity index is 2.18. The van der Waals surface area contributed by atoms with Crippen LogP contribution in [-0.4, -0.2) is 40.1 Å². The molecule has 0 bridgehead atoms. The Labute approximate surface area is 180 Å². The van der Waals surface area contributed by atoms with Crippen molar-refractivity contribution in [3.05, 3.63) is 35.4 Å². The highest BCUT2D eigenvalue weighted by Crippen LogP contribution is 2.35.